The summed E-state index contributed by atoms with van der Waals surface area (Å²) in [5.74, 6) is 1.40. The average Bonchev–Trinajstić information content (AvgIpc) is 2.41. The van der Waals surface area contributed by atoms with Gasteiger partial charge in [0.25, 0.3) is 0 Å². The first-order valence-corrected chi connectivity index (χ1v) is 8.38. The minimum absolute atomic E-state index is 0.427. The number of nitrogens with one attached hydrogen (secondary N) is 1. The zero-order valence-corrected chi connectivity index (χ0v) is 14.1. The van der Waals surface area contributed by atoms with Gasteiger partial charge >= 0.3 is 0 Å². The lowest BCUT2D eigenvalue weighted by Gasteiger charge is -2.61. The van der Waals surface area contributed by atoms with Crippen LogP contribution >= 0.6 is 15.9 Å². The molecule has 1 nitrogen and oxygen atoms in total. The number of rotatable bonds is 5. The Labute approximate surface area is 126 Å². The highest BCUT2D eigenvalue weighted by Gasteiger charge is 2.57. The first-order chi connectivity index (χ1) is 9.10. The van der Waals surface area contributed by atoms with Gasteiger partial charge < -0.3 is 5.32 Å². The largest absolute Gasteiger partial charge is 0.313 e. The summed E-state index contributed by atoms with van der Waals surface area (Å²) in [6.07, 6.45) is 2.51. The Morgan fingerprint density at radius 1 is 1.21 bits per heavy atom. The molecule has 1 saturated carbocycles. The van der Waals surface area contributed by atoms with E-state index >= 15 is 0 Å². The van der Waals surface area contributed by atoms with Crippen molar-refractivity contribution in [2.45, 2.75) is 52.5 Å². The number of halogens is 1. The fourth-order valence-corrected chi connectivity index (χ4v) is 4.81. The van der Waals surface area contributed by atoms with Gasteiger partial charge in [-0.2, -0.15) is 0 Å². The van der Waals surface area contributed by atoms with Gasteiger partial charge in [0.05, 0.1) is 0 Å². The van der Waals surface area contributed by atoms with Crippen LogP contribution in [-0.4, -0.2) is 12.6 Å². The molecule has 1 aliphatic carbocycles. The molecule has 2 heteroatoms. The molecule has 0 aromatic heterocycles. The Bertz CT molecular complexity index is 425. The van der Waals surface area contributed by atoms with Crippen molar-refractivity contribution in [2.24, 2.45) is 11.3 Å². The number of hydrogen-bond donors (Lipinski definition) is 1. The van der Waals surface area contributed by atoms with E-state index in [0.29, 0.717) is 23.3 Å². The Morgan fingerprint density at radius 3 is 2.42 bits per heavy atom. The molecule has 1 N–H and O–H groups in total. The SMILES string of the molecule is CCNC1C(C)C(c2cccc(Br)c2)C1(CC)CC. The van der Waals surface area contributed by atoms with Crippen LogP contribution in [0, 0.1) is 11.3 Å². The fraction of sp³-hybridized carbons (Fsp3) is 0.647. The van der Waals surface area contributed by atoms with E-state index in [1.54, 1.807) is 0 Å². The van der Waals surface area contributed by atoms with E-state index < -0.39 is 0 Å². The van der Waals surface area contributed by atoms with Crippen LogP contribution in [0.5, 0.6) is 0 Å². The van der Waals surface area contributed by atoms with Crippen LogP contribution in [0.15, 0.2) is 28.7 Å². The third-order valence-corrected chi connectivity index (χ3v) is 5.73. The van der Waals surface area contributed by atoms with Crippen molar-refractivity contribution in [3.8, 4) is 0 Å². The molecular weight excluding hydrogens is 298 g/mol. The quantitative estimate of drug-likeness (QED) is 0.806. The van der Waals surface area contributed by atoms with Crippen LogP contribution in [-0.2, 0) is 0 Å². The molecule has 1 aromatic carbocycles. The lowest BCUT2D eigenvalue weighted by atomic mass is 9.46. The predicted octanol–water partition coefficient (Wildman–Crippen LogP) is 4.97. The molecule has 3 atom stereocenters. The van der Waals surface area contributed by atoms with Gasteiger partial charge in [-0.25, -0.2) is 0 Å². The van der Waals surface area contributed by atoms with E-state index in [2.05, 4.69) is 73.2 Å². The minimum Gasteiger partial charge on any atom is -0.313 e. The van der Waals surface area contributed by atoms with Gasteiger partial charge in [-0.15, -0.1) is 0 Å². The second-order valence-electron chi connectivity index (χ2n) is 5.87. The first kappa shape index (κ1) is 15.1. The van der Waals surface area contributed by atoms with Crippen molar-refractivity contribution in [2.75, 3.05) is 6.54 Å². The average molecular weight is 324 g/mol. The predicted molar refractivity (Wildman–Crippen MR) is 86.5 cm³/mol. The zero-order chi connectivity index (χ0) is 14.0. The van der Waals surface area contributed by atoms with Crippen molar-refractivity contribution >= 4 is 15.9 Å². The molecule has 1 fully saturated rings. The summed E-state index contributed by atoms with van der Waals surface area (Å²) < 4.78 is 1.20. The lowest BCUT2D eigenvalue weighted by molar-refractivity contribution is -0.0387. The summed E-state index contributed by atoms with van der Waals surface area (Å²) in [6, 6.07) is 9.56. The van der Waals surface area contributed by atoms with E-state index in [1.807, 2.05) is 0 Å². The van der Waals surface area contributed by atoms with E-state index in [9.17, 15) is 0 Å². The molecule has 106 valence electrons. The maximum absolute atomic E-state index is 3.73. The smallest absolute Gasteiger partial charge is 0.0178 e. The maximum atomic E-state index is 3.73. The lowest BCUT2D eigenvalue weighted by Crippen LogP contribution is -2.63. The molecule has 3 unspecified atom stereocenters. The van der Waals surface area contributed by atoms with E-state index in [1.165, 1.54) is 22.9 Å². The number of benzene rings is 1. The molecule has 0 saturated heterocycles. The molecule has 2 rings (SSSR count). The van der Waals surface area contributed by atoms with E-state index in [4.69, 9.17) is 0 Å². The normalized spacial score (nSPS) is 29.0. The van der Waals surface area contributed by atoms with E-state index in [0.717, 1.165) is 6.54 Å². The topological polar surface area (TPSA) is 12.0 Å². The molecule has 0 radical (unpaired) electrons. The summed E-state index contributed by atoms with van der Waals surface area (Å²) in [6.45, 7) is 10.4. The zero-order valence-electron chi connectivity index (χ0n) is 12.5. The summed E-state index contributed by atoms with van der Waals surface area (Å²) >= 11 is 3.62. The van der Waals surface area contributed by atoms with Gasteiger partial charge in [0.2, 0.25) is 0 Å². The highest BCUT2D eigenvalue weighted by molar-refractivity contribution is 9.10. The molecule has 1 aromatic rings. The van der Waals surface area contributed by atoms with Gasteiger partial charge in [0.1, 0.15) is 0 Å². The van der Waals surface area contributed by atoms with Gasteiger partial charge in [-0.3, -0.25) is 0 Å². The van der Waals surface area contributed by atoms with Crippen LogP contribution in [0.1, 0.15) is 52.0 Å². The highest BCUT2D eigenvalue weighted by atomic mass is 79.9. The summed E-state index contributed by atoms with van der Waals surface area (Å²) in [5.41, 5.74) is 1.93. The van der Waals surface area contributed by atoms with Gasteiger partial charge in [0, 0.05) is 10.5 Å². The van der Waals surface area contributed by atoms with Crippen LogP contribution in [0.2, 0.25) is 0 Å². The van der Waals surface area contributed by atoms with Crippen molar-refractivity contribution in [1.82, 2.24) is 5.32 Å². The van der Waals surface area contributed by atoms with Crippen LogP contribution < -0.4 is 5.32 Å². The Hall–Kier alpha value is -0.340. The molecule has 1 aliphatic rings. The monoisotopic (exact) mass is 323 g/mol. The Kier molecular flexibility index (Phi) is 4.73. The van der Waals surface area contributed by atoms with Crippen molar-refractivity contribution in [1.29, 1.82) is 0 Å². The van der Waals surface area contributed by atoms with Crippen molar-refractivity contribution < 1.29 is 0 Å². The Balaban J connectivity index is 2.34. The van der Waals surface area contributed by atoms with Gasteiger partial charge in [-0.1, -0.05) is 55.8 Å². The van der Waals surface area contributed by atoms with Gasteiger partial charge in [0.15, 0.2) is 0 Å². The molecule has 0 spiro atoms. The molecule has 0 aliphatic heterocycles. The van der Waals surface area contributed by atoms with E-state index in [-0.39, 0.29) is 0 Å². The Morgan fingerprint density at radius 2 is 1.89 bits per heavy atom. The van der Waals surface area contributed by atoms with Crippen molar-refractivity contribution in [3.63, 3.8) is 0 Å². The summed E-state index contributed by atoms with van der Waals surface area (Å²) in [5, 5.41) is 3.73. The van der Waals surface area contributed by atoms with Crippen LogP contribution in [0.4, 0.5) is 0 Å². The fourth-order valence-electron chi connectivity index (χ4n) is 4.39. The molecule has 0 heterocycles. The molecular formula is C17H26BrN. The number of hydrogen-bond acceptors (Lipinski definition) is 1. The standard InChI is InChI=1S/C17H26BrN/c1-5-17(6-2)15(12(4)16(17)19-7-3)13-9-8-10-14(18)11-13/h8-12,15-16,19H,5-7H2,1-4H3. The van der Waals surface area contributed by atoms with Crippen molar-refractivity contribution in [3.05, 3.63) is 34.3 Å². The minimum atomic E-state index is 0.427. The summed E-state index contributed by atoms with van der Waals surface area (Å²) in [7, 11) is 0. The third kappa shape index (κ3) is 2.38. The molecule has 0 amide bonds. The second kappa shape index (κ2) is 5.97. The summed E-state index contributed by atoms with van der Waals surface area (Å²) in [4.78, 5) is 0. The highest BCUT2D eigenvalue weighted by Crippen LogP contribution is 2.60. The first-order valence-electron chi connectivity index (χ1n) is 7.59. The molecule has 0 bridgehead atoms. The van der Waals surface area contributed by atoms with Crippen LogP contribution in [0.25, 0.3) is 0 Å². The maximum Gasteiger partial charge on any atom is 0.0178 e. The molecule has 19 heavy (non-hydrogen) atoms. The van der Waals surface area contributed by atoms with Gasteiger partial charge in [-0.05, 0) is 54.3 Å². The third-order valence-electron chi connectivity index (χ3n) is 5.24. The van der Waals surface area contributed by atoms with Crippen LogP contribution in [0.3, 0.4) is 0 Å². The second-order valence-corrected chi connectivity index (χ2v) is 6.78.